The maximum Gasteiger partial charge on any atom is 0.231 e. The summed E-state index contributed by atoms with van der Waals surface area (Å²) in [5.74, 6) is -0.226. The van der Waals surface area contributed by atoms with Crippen LogP contribution < -0.4 is 5.32 Å². The largest absolute Gasteiger partial charge is 0.324 e. The Morgan fingerprint density at radius 2 is 1.76 bits per heavy atom. The van der Waals surface area contributed by atoms with Crippen molar-refractivity contribution in [2.24, 2.45) is 0 Å². The molecule has 0 aliphatic carbocycles. The first kappa shape index (κ1) is 13.3. The molecular weight excluding hydrogens is 260 g/mol. The first-order chi connectivity index (χ1) is 10.2. The molecule has 1 N–H and O–H groups in total. The molecule has 3 nitrogen and oxygen atoms in total. The van der Waals surface area contributed by atoms with E-state index in [0.29, 0.717) is 0 Å². The highest BCUT2D eigenvalue weighted by Gasteiger charge is 2.15. The minimum absolute atomic E-state index is 0.0294. The molecule has 0 saturated heterocycles. The van der Waals surface area contributed by atoms with Crippen molar-refractivity contribution in [3.8, 4) is 0 Å². The van der Waals surface area contributed by atoms with Gasteiger partial charge in [-0.2, -0.15) is 0 Å². The van der Waals surface area contributed by atoms with Crippen molar-refractivity contribution in [1.29, 1.82) is 0 Å². The summed E-state index contributed by atoms with van der Waals surface area (Å²) < 4.78 is 0. The monoisotopic (exact) mass is 276 g/mol. The Hall–Kier alpha value is -2.68. The van der Waals surface area contributed by atoms with Gasteiger partial charge in [-0.1, -0.05) is 48.5 Å². The molecule has 1 atom stereocenters. The van der Waals surface area contributed by atoms with E-state index in [1.54, 1.807) is 6.20 Å². The minimum Gasteiger partial charge on any atom is -0.324 e. The van der Waals surface area contributed by atoms with Crippen molar-refractivity contribution < 1.29 is 4.79 Å². The zero-order valence-corrected chi connectivity index (χ0v) is 11.8. The third-order valence-corrected chi connectivity index (χ3v) is 3.55. The van der Waals surface area contributed by atoms with Crippen LogP contribution in [0.2, 0.25) is 0 Å². The van der Waals surface area contributed by atoms with Crippen LogP contribution in [0.25, 0.3) is 10.9 Å². The number of amides is 1. The first-order valence-electron chi connectivity index (χ1n) is 6.94. The number of fused-ring (bicyclic) bond motifs is 1. The highest BCUT2D eigenvalue weighted by Crippen LogP contribution is 2.20. The van der Waals surface area contributed by atoms with Crippen LogP contribution >= 0.6 is 0 Å². The smallest absolute Gasteiger partial charge is 0.231 e. The predicted octanol–water partition coefficient (Wildman–Crippen LogP) is 3.98. The van der Waals surface area contributed by atoms with Gasteiger partial charge >= 0.3 is 0 Å². The third-order valence-electron chi connectivity index (χ3n) is 3.55. The fourth-order valence-electron chi connectivity index (χ4n) is 2.28. The number of nitrogens with zero attached hydrogens (tertiary/aromatic N) is 1. The molecule has 0 bridgehead atoms. The molecule has 0 aliphatic rings. The fraction of sp³-hybridized carbons (Fsp3) is 0.111. The van der Waals surface area contributed by atoms with E-state index < -0.39 is 0 Å². The van der Waals surface area contributed by atoms with Gasteiger partial charge in [0.05, 0.1) is 23.3 Å². The summed E-state index contributed by atoms with van der Waals surface area (Å²) >= 11 is 0. The van der Waals surface area contributed by atoms with Crippen LogP contribution in [0.4, 0.5) is 5.69 Å². The summed E-state index contributed by atoms with van der Waals surface area (Å²) in [6.07, 6.45) is 1.69. The van der Waals surface area contributed by atoms with Crippen LogP contribution in [0.1, 0.15) is 18.4 Å². The normalized spacial score (nSPS) is 12.0. The van der Waals surface area contributed by atoms with E-state index in [1.807, 2.05) is 67.6 Å². The van der Waals surface area contributed by atoms with Gasteiger partial charge in [-0.15, -0.1) is 0 Å². The van der Waals surface area contributed by atoms with E-state index in [4.69, 9.17) is 0 Å². The highest BCUT2D eigenvalue weighted by molar-refractivity contribution is 5.97. The van der Waals surface area contributed by atoms with E-state index in [1.165, 1.54) is 0 Å². The number of hydrogen-bond acceptors (Lipinski definition) is 2. The van der Waals surface area contributed by atoms with Crippen LogP contribution in [0.5, 0.6) is 0 Å². The topological polar surface area (TPSA) is 42.0 Å². The van der Waals surface area contributed by atoms with Crippen molar-refractivity contribution in [1.82, 2.24) is 4.98 Å². The Labute approximate surface area is 123 Å². The van der Waals surface area contributed by atoms with Crippen molar-refractivity contribution in [2.75, 3.05) is 5.32 Å². The molecule has 3 rings (SSSR count). The summed E-state index contributed by atoms with van der Waals surface area (Å²) in [7, 11) is 0. The lowest BCUT2D eigenvalue weighted by Crippen LogP contribution is -2.18. The number of anilines is 1. The van der Waals surface area contributed by atoms with Gasteiger partial charge in [-0.3, -0.25) is 9.78 Å². The van der Waals surface area contributed by atoms with Gasteiger partial charge in [-0.25, -0.2) is 0 Å². The second-order valence-corrected chi connectivity index (χ2v) is 5.04. The first-order valence-corrected chi connectivity index (χ1v) is 6.94. The molecule has 0 spiro atoms. The lowest BCUT2D eigenvalue weighted by Gasteiger charge is -2.12. The van der Waals surface area contributed by atoms with Crippen LogP contribution in [0, 0.1) is 0 Å². The predicted molar refractivity (Wildman–Crippen MR) is 85.2 cm³/mol. The molecular formula is C18H16N2O. The molecule has 1 heterocycles. The SMILES string of the molecule is CC(C(=O)Nc1cnc2ccccc2c1)c1ccccc1. The van der Waals surface area contributed by atoms with E-state index in [-0.39, 0.29) is 11.8 Å². The molecule has 0 saturated carbocycles. The molecule has 21 heavy (non-hydrogen) atoms. The third kappa shape index (κ3) is 2.92. The molecule has 0 fully saturated rings. The number of nitrogens with one attached hydrogen (secondary N) is 1. The highest BCUT2D eigenvalue weighted by atomic mass is 16.1. The number of rotatable bonds is 3. The van der Waals surface area contributed by atoms with Gasteiger partial charge < -0.3 is 5.32 Å². The van der Waals surface area contributed by atoms with E-state index in [9.17, 15) is 4.79 Å². The van der Waals surface area contributed by atoms with Gasteiger partial charge in [0, 0.05) is 5.39 Å². The molecule has 3 aromatic rings. The zero-order chi connectivity index (χ0) is 14.7. The Morgan fingerprint density at radius 1 is 1.05 bits per heavy atom. The molecule has 2 aromatic carbocycles. The Kier molecular flexibility index (Phi) is 3.65. The molecule has 104 valence electrons. The Morgan fingerprint density at radius 3 is 2.57 bits per heavy atom. The second kappa shape index (κ2) is 5.75. The van der Waals surface area contributed by atoms with Crippen molar-refractivity contribution in [2.45, 2.75) is 12.8 Å². The molecule has 0 aliphatic heterocycles. The van der Waals surface area contributed by atoms with Crippen molar-refractivity contribution in [3.05, 3.63) is 72.4 Å². The van der Waals surface area contributed by atoms with Gasteiger partial charge in [0.15, 0.2) is 0 Å². The summed E-state index contributed by atoms with van der Waals surface area (Å²) in [6, 6.07) is 19.5. The maximum atomic E-state index is 12.3. The molecule has 1 unspecified atom stereocenters. The van der Waals surface area contributed by atoms with Crippen LogP contribution in [-0.4, -0.2) is 10.9 Å². The van der Waals surface area contributed by atoms with Gasteiger partial charge in [0.2, 0.25) is 5.91 Å². The molecule has 1 aromatic heterocycles. The maximum absolute atomic E-state index is 12.3. The zero-order valence-electron chi connectivity index (χ0n) is 11.8. The van der Waals surface area contributed by atoms with Gasteiger partial charge in [-0.05, 0) is 24.6 Å². The average molecular weight is 276 g/mol. The number of para-hydroxylation sites is 1. The van der Waals surface area contributed by atoms with Crippen LogP contribution in [0.3, 0.4) is 0 Å². The van der Waals surface area contributed by atoms with Gasteiger partial charge in [0.1, 0.15) is 0 Å². The fourth-order valence-corrected chi connectivity index (χ4v) is 2.28. The number of benzene rings is 2. The molecule has 0 radical (unpaired) electrons. The summed E-state index contributed by atoms with van der Waals surface area (Å²) in [5.41, 5.74) is 2.65. The average Bonchev–Trinajstić information content (AvgIpc) is 2.55. The van der Waals surface area contributed by atoms with Gasteiger partial charge in [0.25, 0.3) is 0 Å². The lowest BCUT2D eigenvalue weighted by atomic mass is 10.0. The van der Waals surface area contributed by atoms with E-state index >= 15 is 0 Å². The van der Waals surface area contributed by atoms with E-state index in [0.717, 1.165) is 22.2 Å². The molecule has 1 amide bonds. The number of pyridine rings is 1. The van der Waals surface area contributed by atoms with Crippen molar-refractivity contribution in [3.63, 3.8) is 0 Å². The number of aromatic nitrogens is 1. The second-order valence-electron chi connectivity index (χ2n) is 5.04. The number of carbonyl (C=O) groups is 1. The molecule has 3 heteroatoms. The standard InChI is InChI=1S/C18H16N2O/c1-13(14-7-3-2-4-8-14)18(21)20-16-11-15-9-5-6-10-17(15)19-12-16/h2-13H,1H3,(H,20,21). The van der Waals surface area contributed by atoms with Crippen molar-refractivity contribution >= 4 is 22.5 Å². The summed E-state index contributed by atoms with van der Waals surface area (Å²) in [5, 5.41) is 3.95. The summed E-state index contributed by atoms with van der Waals surface area (Å²) in [4.78, 5) is 16.7. The number of hydrogen-bond donors (Lipinski definition) is 1. The van der Waals surface area contributed by atoms with E-state index in [2.05, 4.69) is 10.3 Å². The quantitative estimate of drug-likeness (QED) is 0.786. The minimum atomic E-state index is -0.197. The Bertz CT molecular complexity index is 768. The summed E-state index contributed by atoms with van der Waals surface area (Å²) in [6.45, 7) is 1.90. The van der Waals surface area contributed by atoms with Crippen LogP contribution in [0.15, 0.2) is 66.9 Å². The lowest BCUT2D eigenvalue weighted by molar-refractivity contribution is -0.117. The van der Waals surface area contributed by atoms with Crippen LogP contribution in [-0.2, 0) is 4.79 Å². The number of carbonyl (C=O) groups excluding carboxylic acids is 1. The Balaban J connectivity index is 1.80.